The third-order valence-electron chi connectivity index (χ3n) is 3.04. The quantitative estimate of drug-likeness (QED) is 0.903. The van der Waals surface area contributed by atoms with Gasteiger partial charge in [0.15, 0.2) is 0 Å². The van der Waals surface area contributed by atoms with Crippen molar-refractivity contribution in [1.29, 1.82) is 0 Å². The van der Waals surface area contributed by atoms with E-state index in [4.69, 9.17) is 5.73 Å². The fourth-order valence-electron chi connectivity index (χ4n) is 1.93. The van der Waals surface area contributed by atoms with Gasteiger partial charge in [0.1, 0.15) is 0 Å². The summed E-state index contributed by atoms with van der Waals surface area (Å²) in [5, 5.41) is 2.14. The summed E-state index contributed by atoms with van der Waals surface area (Å²) in [4.78, 5) is 3.80. The standard InChI is InChI=1S/C11H17BrN2S/c1-14(8-11(7-13)2-3-11)5-10-4-9(12)6-15-10/h4,6H,2-3,5,7-8,13H2,1H3. The topological polar surface area (TPSA) is 29.3 Å². The molecule has 1 saturated carbocycles. The molecular weight excluding hydrogens is 272 g/mol. The minimum absolute atomic E-state index is 0.448. The summed E-state index contributed by atoms with van der Waals surface area (Å²) in [6.07, 6.45) is 2.62. The third-order valence-corrected chi connectivity index (χ3v) is 4.73. The first-order valence-electron chi connectivity index (χ1n) is 5.25. The van der Waals surface area contributed by atoms with Gasteiger partial charge in [0, 0.05) is 27.8 Å². The Kier molecular flexibility index (Phi) is 3.50. The minimum atomic E-state index is 0.448. The van der Waals surface area contributed by atoms with Crippen LogP contribution in [0.1, 0.15) is 17.7 Å². The van der Waals surface area contributed by atoms with Crippen LogP contribution >= 0.6 is 27.3 Å². The van der Waals surface area contributed by atoms with Crippen LogP contribution in [-0.4, -0.2) is 25.0 Å². The van der Waals surface area contributed by atoms with Crippen molar-refractivity contribution in [3.05, 3.63) is 20.8 Å². The van der Waals surface area contributed by atoms with Crippen molar-refractivity contribution >= 4 is 27.3 Å². The SMILES string of the molecule is CN(Cc1cc(Br)cs1)CC1(CN)CC1. The number of thiophene rings is 1. The maximum Gasteiger partial charge on any atom is 0.0325 e. The molecule has 0 aromatic carbocycles. The smallest absolute Gasteiger partial charge is 0.0325 e. The third kappa shape index (κ3) is 3.03. The number of halogens is 1. The van der Waals surface area contributed by atoms with Gasteiger partial charge in [-0.05, 0) is 53.8 Å². The summed E-state index contributed by atoms with van der Waals surface area (Å²) in [5.41, 5.74) is 6.23. The van der Waals surface area contributed by atoms with Gasteiger partial charge in [-0.2, -0.15) is 0 Å². The predicted octanol–water partition coefficient (Wildman–Crippen LogP) is 2.68. The van der Waals surface area contributed by atoms with E-state index in [2.05, 4.69) is 39.3 Å². The Morgan fingerprint density at radius 3 is 2.80 bits per heavy atom. The van der Waals surface area contributed by atoms with Crippen molar-refractivity contribution in [2.75, 3.05) is 20.1 Å². The lowest BCUT2D eigenvalue weighted by Gasteiger charge is -2.21. The molecule has 2 N–H and O–H groups in total. The van der Waals surface area contributed by atoms with Gasteiger partial charge in [-0.25, -0.2) is 0 Å². The molecule has 2 rings (SSSR count). The highest BCUT2D eigenvalue weighted by molar-refractivity contribution is 9.10. The molecule has 84 valence electrons. The lowest BCUT2D eigenvalue weighted by atomic mass is 10.1. The van der Waals surface area contributed by atoms with E-state index in [0.29, 0.717) is 5.41 Å². The molecule has 4 heteroatoms. The first-order chi connectivity index (χ1) is 7.13. The van der Waals surface area contributed by atoms with Gasteiger partial charge < -0.3 is 10.6 Å². The van der Waals surface area contributed by atoms with E-state index >= 15 is 0 Å². The van der Waals surface area contributed by atoms with Crippen molar-refractivity contribution in [3.63, 3.8) is 0 Å². The molecule has 0 spiro atoms. The van der Waals surface area contributed by atoms with Crippen molar-refractivity contribution < 1.29 is 0 Å². The summed E-state index contributed by atoms with van der Waals surface area (Å²) in [7, 11) is 2.18. The largest absolute Gasteiger partial charge is 0.330 e. The van der Waals surface area contributed by atoms with Gasteiger partial charge in [0.25, 0.3) is 0 Å². The van der Waals surface area contributed by atoms with Gasteiger partial charge in [-0.15, -0.1) is 11.3 Å². The number of hydrogen-bond donors (Lipinski definition) is 1. The molecule has 0 amide bonds. The highest BCUT2D eigenvalue weighted by Gasteiger charge is 2.41. The molecular formula is C11H17BrN2S. The highest BCUT2D eigenvalue weighted by Crippen LogP contribution is 2.45. The molecule has 1 aromatic heterocycles. The number of nitrogens with zero attached hydrogens (tertiary/aromatic N) is 1. The molecule has 1 aromatic rings. The van der Waals surface area contributed by atoms with Crippen LogP contribution in [0.25, 0.3) is 0 Å². The van der Waals surface area contributed by atoms with Crippen LogP contribution in [0.2, 0.25) is 0 Å². The highest BCUT2D eigenvalue weighted by atomic mass is 79.9. The average Bonchev–Trinajstić information content (AvgIpc) is 2.84. The zero-order valence-electron chi connectivity index (χ0n) is 9.00. The molecule has 0 radical (unpaired) electrons. The normalized spacial score (nSPS) is 18.4. The number of rotatable bonds is 5. The minimum Gasteiger partial charge on any atom is -0.330 e. The van der Waals surface area contributed by atoms with Gasteiger partial charge in [-0.1, -0.05) is 0 Å². The molecule has 1 fully saturated rings. The van der Waals surface area contributed by atoms with Crippen LogP contribution in [0.15, 0.2) is 15.9 Å². The van der Waals surface area contributed by atoms with Crippen molar-refractivity contribution in [2.24, 2.45) is 11.1 Å². The predicted molar refractivity (Wildman–Crippen MR) is 69.1 cm³/mol. The number of hydrogen-bond acceptors (Lipinski definition) is 3. The van der Waals surface area contributed by atoms with E-state index < -0.39 is 0 Å². The molecule has 15 heavy (non-hydrogen) atoms. The second kappa shape index (κ2) is 4.53. The molecule has 1 aliphatic carbocycles. The lowest BCUT2D eigenvalue weighted by molar-refractivity contribution is 0.261. The maximum atomic E-state index is 5.78. The maximum absolute atomic E-state index is 5.78. The second-order valence-electron chi connectivity index (χ2n) is 4.61. The van der Waals surface area contributed by atoms with Gasteiger partial charge in [0.05, 0.1) is 0 Å². The molecule has 0 aliphatic heterocycles. The van der Waals surface area contributed by atoms with E-state index in [-0.39, 0.29) is 0 Å². The molecule has 1 aliphatic rings. The summed E-state index contributed by atoms with van der Waals surface area (Å²) >= 11 is 5.29. The summed E-state index contributed by atoms with van der Waals surface area (Å²) in [5.74, 6) is 0. The monoisotopic (exact) mass is 288 g/mol. The lowest BCUT2D eigenvalue weighted by Crippen LogP contribution is -2.30. The zero-order chi connectivity index (χ0) is 10.9. The Morgan fingerprint density at radius 1 is 1.60 bits per heavy atom. The van der Waals surface area contributed by atoms with Gasteiger partial charge >= 0.3 is 0 Å². The molecule has 0 bridgehead atoms. The van der Waals surface area contributed by atoms with Crippen LogP contribution in [0.3, 0.4) is 0 Å². The van der Waals surface area contributed by atoms with E-state index in [1.54, 1.807) is 0 Å². The van der Waals surface area contributed by atoms with E-state index in [9.17, 15) is 0 Å². The Labute approximate surface area is 104 Å². The van der Waals surface area contributed by atoms with Crippen molar-refractivity contribution in [2.45, 2.75) is 19.4 Å². The van der Waals surface area contributed by atoms with E-state index in [1.807, 2.05) is 11.3 Å². The Bertz CT molecular complexity index is 333. The Morgan fingerprint density at radius 2 is 2.33 bits per heavy atom. The van der Waals surface area contributed by atoms with Crippen molar-refractivity contribution in [1.82, 2.24) is 4.90 Å². The van der Waals surface area contributed by atoms with Crippen LogP contribution < -0.4 is 5.73 Å². The van der Waals surface area contributed by atoms with Crippen LogP contribution in [0.4, 0.5) is 0 Å². The molecule has 0 saturated heterocycles. The first-order valence-corrected chi connectivity index (χ1v) is 6.92. The summed E-state index contributed by atoms with van der Waals surface area (Å²) in [6, 6.07) is 2.20. The summed E-state index contributed by atoms with van der Waals surface area (Å²) in [6.45, 7) is 3.02. The van der Waals surface area contributed by atoms with Gasteiger partial charge in [-0.3, -0.25) is 0 Å². The molecule has 0 unspecified atom stereocenters. The van der Waals surface area contributed by atoms with E-state index in [1.165, 1.54) is 22.2 Å². The number of nitrogens with two attached hydrogens (primary N) is 1. The zero-order valence-corrected chi connectivity index (χ0v) is 11.4. The summed E-state index contributed by atoms with van der Waals surface area (Å²) < 4.78 is 1.19. The Balaban J connectivity index is 1.84. The fourth-order valence-corrected chi connectivity index (χ4v) is 3.46. The van der Waals surface area contributed by atoms with E-state index in [0.717, 1.165) is 19.6 Å². The van der Waals surface area contributed by atoms with Gasteiger partial charge in [0.2, 0.25) is 0 Å². The first kappa shape index (κ1) is 11.6. The molecule has 1 heterocycles. The molecule has 0 atom stereocenters. The van der Waals surface area contributed by atoms with Crippen LogP contribution in [0, 0.1) is 5.41 Å². The second-order valence-corrected chi connectivity index (χ2v) is 6.52. The van der Waals surface area contributed by atoms with Crippen LogP contribution in [-0.2, 0) is 6.54 Å². The van der Waals surface area contributed by atoms with Crippen molar-refractivity contribution in [3.8, 4) is 0 Å². The van der Waals surface area contributed by atoms with Crippen LogP contribution in [0.5, 0.6) is 0 Å². The fraction of sp³-hybridized carbons (Fsp3) is 0.636. The molecule has 2 nitrogen and oxygen atoms in total. The Hall–Kier alpha value is 0.1000. The average molecular weight is 289 g/mol.